The first-order valence-corrected chi connectivity index (χ1v) is 7.19. The van der Waals surface area contributed by atoms with E-state index < -0.39 is 29.0 Å². The Labute approximate surface area is 130 Å². The third kappa shape index (κ3) is 4.56. The third-order valence-electron chi connectivity index (χ3n) is 2.80. The molecule has 0 fully saturated rings. The Kier molecular flexibility index (Phi) is 5.55. The van der Waals surface area contributed by atoms with Crippen LogP contribution in [0.4, 0.5) is 13.6 Å². The van der Waals surface area contributed by atoms with Crippen molar-refractivity contribution in [3.05, 3.63) is 28.2 Å². The molecule has 0 aromatic heterocycles. The minimum absolute atomic E-state index is 0.0596. The summed E-state index contributed by atoms with van der Waals surface area (Å²) in [5.41, 5.74) is -0.893. The lowest BCUT2D eigenvalue weighted by atomic mass is 9.92. The van der Waals surface area contributed by atoms with Crippen molar-refractivity contribution in [1.82, 2.24) is 5.06 Å². The van der Waals surface area contributed by atoms with Crippen LogP contribution in [-0.4, -0.2) is 21.8 Å². The largest absolute Gasteiger partial charge is 0.463 e. The molecule has 1 aromatic rings. The summed E-state index contributed by atoms with van der Waals surface area (Å²) in [6, 6.07) is 1.70. The molecule has 118 valence electrons. The highest BCUT2D eigenvalue weighted by Crippen LogP contribution is 2.29. The molecule has 0 bridgehead atoms. The summed E-state index contributed by atoms with van der Waals surface area (Å²) >= 11 is 2.85. The summed E-state index contributed by atoms with van der Waals surface area (Å²) in [5, 5.41) is 9.92. The SMILES string of the molecule is CC(C)CC(C)(C)N(Oc1cc(F)c(Br)cc1F)C(=O)O. The predicted octanol–water partition coefficient (Wildman–Crippen LogP) is 4.83. The number of hydroxylamine groups is 2. The zero-order valence-corrected chi connectivity index (χ0v) is 13.9. The molecular weight excluding hydrogens is 348 g/mol. The number of benzene rings is 1. The van der Waals surface area contributed by atoms with Crippen LogP contribution in [0.5, 0.6) is 5.75 Å². The first-order chi connectivity index (χ1) is 9.54. The van der Waals surface area contributed by atoms with E-state index in [0.717, 1.165) is 12.1 Å². The highest BCUT2D eigenvalue weighted by molar-refractivity contribution is 9.10. The van der Waals surface area contributed by atoms with Crippen LogP contribution in [0.3, 0.4) is 0 Å². The maximum absolute atomic E-state index is 13.8. The van der Waals surface area contributed by atoms with Crippen molar-refractivity contribution in [2.75, 3.05) is 0 Å². The van der Waals surface area contributed by atoms with Crippen LogP contribution in [-0.2, 0) is 0 Å². The molecule has 0 aliphatic heterocycles. The minimum Gasteiger partial charge on any atom is -0.463 e. The number of carbonyl (C=O) groups is 1. The van der Waals surface area contributed by atoms with Crippen molar-refractivity contribution in [2.24, 2.45) is 5.92 Å². The molecule has 0 radical (unpaired) electrons. The second kappa shape index (κ2) is 6.60. The Hall–Kier alpha value is -1.37. The molecule has 0 atom stereocenters. The van der Waals surface area contributed by atoms with Crippen LogP contribution >= 0.6 is 15.9 Å². The zero-order chi connectivity index (χ0) is 16.4. The molecule has 0 saturated heterocycles. The Morgan fingerprint density at radius 2 is 1.95 bits per heavy atom. The van der Waals surface area contributed by atoms with Gasteiger partial charge in [0.1, 0.15) is 5.82 Å². The quantitative estimate of drug-likeness (QED) is 0.600. The first kappa shape index (κ1) is 17.7. The van der Waals surface area contributed by atoms with Crippen LogP contribution in [0, 0.1) is 17.6 Å². The third-order valence-corrected chi connectivity index (χ3v) is 3.40. The summed E-state index contributed by atoms with van der Waals surface area (Å²) < 4.78 is 27.2. The van der Waals surface area contributed by atoms with Gasteiger partial charge in [0.05, 0.1) is 10.0 Å². The van der Waals surface area contributed by atoms with Crippen molar-refractivity contribution in [3.8, 4) is 5.75 Å². The monoisotopic (exact) mass is 365 g/mol. The van der Waals surface area contributed by atoms with Gasteiger partial charge in [-0.25, -0.2) is 13.6 Å². The van der Waals surface area contributed by atoms with E-state index in [4.69, 9.17) is 4.84 Å². The first-order valence-electron chi connectivity index (χ1n) is 6.40. The van der Waals surface area contributed by atoms with Crippen LogP contribution in [0.25, 0.3) is 0 Å². The number of nitrogens with zero attached hydrogens (tertiary/aromatic N) is 1. The van der Waals surface area contributed by atoms with E-state index >= 15 is 0 Å². The number of halogens is 3. The second-order valence-electron chi connectivity index (χ2n) is 5.78. The number of hydrogen-bond donors (Lipinski definition) is 1. The molecule has 1 amide bonds. The number of rotatable bonds is 5. The van der Waals surface area contributed by atoms with Gasteiger partial charge in [-0.1, -0.05) is 13.8 Å². The smallest absolute Gasteiger partial charge is 0.441 e. The van der Waals surface area contributed by atoms with Gasteiger partial charge < -0.3 is 9.94 Å². The van der Waals surface area contributed by atoms with Gasteiger partial charge in [-0.15, -0.1) is 5.06 Å². The van der Waals surface area contributed by atoms with E-state index in [2.05, 4.69) is 15.9 Å². The van der Waals surface area contributed by atoms with Crippen molar-refractivity contribution < 1.29 is 23.5 Å². The van der Waals surface area contributed by atoms with Crippen LogP contribution in [0.15, 0.2) is 16.6 Å². The Balaban J connectivity index is 3.10. The standard InChI is InChI=1S/C14H18BrF2NO3/c1-8(2)7-14(3,4)18(13(19)20)21-12-6-10(16)9(15)5-11(12)17/h5-6,8H,7H2,1-4H3,(H,19,20). The molecule has 0 aliphatic rings. The Morgan fingerprint density at radius 3 is 2.43 bits per heavy atom. The fourth-order valence-electron chi connectivity index (χ4n) is 2.18. The molecule has 4 nitrogen and oxygen atoms in total. The highest BCUT2D eigenvalue weighted by Gasteiger charge is 2.35. The summed E-state index contributed by atoms with van der Waals surface area (Å²) in [5.74, 6) is -1.86. The predicted molar refractivity (Wildman–Crippen MR) is 78.1 cm³/mol. The van der Waals surface area contributed by atoms with Crippen LogP contribution in [0.1, 0.15) is 34.1 Å². The molecule has 1 N–H and O–H groups in total. The fourth-order valence-corrected chi connectivity index (χ4v) is 2.49. The number of carboxylic acid groups (broad SMARTS) is 1. The van der Waals surface area contributed by atoms with Gasteiger partial charge in [0, 0.05) is 6.07 Å². The molecule has 1 rings (SSSR count). The van der Waals surface area contributed by atoms with Crippen molar-refractivity contribution in [3.63, 3.8) is 0 Å². The van der Waals surface area contributed by atoms with Gasteiger partial charge in [-0.3, -0.25) is 0 Å². The summed E-state index contributed by atoms with van der Waals surface area (Å²) in [6.07, 6.45) is -0.872. The van der Waals surface area contributed by atoms with Gasteiger partial charge in [0.15, 0.2) is 11.6 Å². The highest BCUT2D eigenvalue weighted by atomic mass is 79.9. The average molecular weight is 366 g/mol. The lowest BCUT2D eigenvalue weighted by Crippen LogP contribution is -2.50. The normalized spacial score (nSPS) is 11.6. The summed E-state index contributed by atoms with van der Waals surface area (Å²) in [7, 11) is 0. The molecule has 0 unspecified atom stereocenters. The fraction of sp³-hybridized carbons (Fsp3) is 0.500. The van der Waals surface area contributed by atoms with Gasteiger partial charge in [-0.2, -0.15) is 0 Å². The molecule has 1 aromatic carbocycles. The topological polar surface area (TPSA) is 49.8 Å². The van der Waals surface area contributed by atoms with E-state index in [1.807, 2.05) is 13.8 Å². The van der Waals surface area contributed by atoms with Crippen molar-refractivity contribution >= 4 is 22.0 Å². The minimum atomic E-state index is -1.37. The lowest BCUT2D eigenvalue weighted by molar-refractivity contribution is -0.111. The van der Waals surface area contributed by atoms with E-state index in [9.17, 15) is 18.7 Å². The second-order valence-corrected chi connectivity index (χ2v) is 6.63. The van der Waals surface area contributed by atoms with Gasteiger partial charge >= 0.3 is 6.09 Å². The van der Waals surface area contributed by atoms with Gasteiger partial charge in [0.2, 0.25) is 0 Å². The van der Waals surface area contributed by atoms with Crippen molar-refractivity contribution in [1.29, 1.82) is 0 Å². The Morgan fingerprint density at radius 1 is 1.38 bits per heavy atom. The Bertz CT molecular complexity index is 535. The number of hydrogen-bond acceptors (Lipinski definition) is 2. The molecule has 21 heavy (non-hydrogen) atoms. The number of amides is 1. The maximum atomic E-state index is 13.8. The van der Waals surface area contributed by atoms with Gasteiger partial charge in [0.25, 0.3) is 0 Å². The average Bonchev–Trinajstić information content (AvgIpc) is 2.29. The maximum Gasteiger partial charge on any atom is 0.441 e. The van der Waals surface area contributed by atoms with E-state index in [-0.39, 0.29) is 10.4 Å². The van der Waals surface area contributed by atoms with Crippen LogP contribution in [0.2, 0.25) is 0 Å². The molecule has 0 spiro atoms. The molecule has 0 saturated carbocycles. The van der Waals surface area contributed by atoms with Crippen LogP contribution < -0.4 is 4.84 Å². The molecule has 0 heterocycles. The van der Waals surface area contributed by atoms with E-state index in [0.29, 0.717) is 11.5 Å². The molecule has 7 heteroatoms. The molecule has 0 aliphatic carbocycles. The van der Waals surface area contributed by atoms with E-state index in [1.165, 1.54) is 0 Å². The summed E-state index contributed by atoms with van der Waals surface area (Å²) in [4.78, 5) is 16.5. The zero-order valence-electron chi connectivity index (χ0n) is 12.3. The van der Waals surface area contributed by atoms with Gasteiger partial charge in [-0.05, 0) is 48.2 Å². The van der Waals surface area contributed by atoms with E-state index in [1.54, 1.807) is 13.8 Å². The summed E-state index contributed by atoms with van der Waals surface area (Å²) in [6.45, 7) is 7.19. The lowest BCUT2D eigenvalue weighted by Gasteiger charge is -2.36. The molecular formula is C14H18BrF2NO3. The van der Waals surface area contributed by atoms with Crippen molar-refractivity contribution in [2.45, 2.75) is 39.7 Å².